The zero-order chi connectivity index (χ0) is 9.97. The molecule has 0 bridgehead atoms. The van der Waals surface area contributed by atoms with E-state index in [9.17, 15) is 0 Å². The Morgan fingerprint density at radius 3 is 2.50 bits per heavy atom. The Kier molecular flexibility index (Phi) is 2.33. The molecule has 0 aliphatic rings. The van der Waals surface area contributed by atoms with E-state index in [0.717, 1.165) is 11.3 Å². The molecule has 0 aliphatic heterocycles. The number of aryl methyl sites for hydroxylation is 1. The molecule has 1 aromatic carbocycles. The summed E-state index contributed by atoms with van der Waals surface area (Å²) in [4.78, 5) is 0. The first-order chi connectivity index (χ1) is 6.79. The van der Waals surface area contributed by atoms with Crippen LogP contribution in [0.1, 0.15) is 17.3 Å². The smallest absolute Gasteiger partial charge is 0.0723 e. The van der Waals surface area contributed by atoms with E-state index in [1.807, 2.05) is 43.4 Å². The van der Waals surface area contributed by atoms with Crippen molar-refractivity contribution in [3.63, 3.8) is 0 Å². The predicted octanol–water partition coefficient (Wildman–Crippen LogP) is 1.47. The van der Waals surface area contributed by atoms with Crippen LogP contribution in [0.3, 0.4) is 0 Å². The second kappa shape index (κ2) is 3.64. The summed E-state index contributed by atoms with van der Waals surface area (Å²) >= 11 is 0. The average molecular weight is 187 g/mol. The van der Waals surface area contributed by atoms with E-state index < -0.39 is 0 Å². The summed E-state index contributed by atoms with van der Waals surface area (Å²) in [5, 5.41) is 4.10. The maximum absolute atomic E-state index is 6.10. The second-order valence-corrected chi connectivity index (χ2v) is 3.27. The first kappa shape index (κ1) is 8.97. The van der Waals surface area contributed by atoms with Crippen molar-refractivity contribution in [3.8, 4) is 0 Å². The highest BCUT2D eigenvalue weighted by atomic mass is 15.3. The summed E-state index contributed by atoms with van der Waals surface area (Å²) in [6.45, 7) is 0. The van der Waals surface area contributed by atoms with E-state index in [-0.39, 0.29) is 6.04 Å². The molecule has 0 unspecified atom stereocenters. The molecule has 0 aliphatic carbocycles. The summed E-state index contributed by atoms with van der Waals surface area (Å²) in [5.74, 6) is 0. The highest BCUT2D eigenvalue weighted by Gasteiger charge is 2.10. The molecule has 2 N–H and O–H groups in total. The van der Waals surface area contributed by atoms with Crippen molar-refractivity contribution in [2.75, 3.05) is 0 Å². The van der Waals surface area contributed by atoms with E-state index >= 15 is 0 Å². The molecule has 2 rings (SSSR count). The Bertz CT molecular complexity index is 405. The van der Waals surface area contributed by atoms with Gasteiger partial charge in [0.2, 0.25) is 0 Å². The van der Waals surface area contributed by atoms with Crippen LogP contribution in [0.25, 0.3) is 0 Å². The largest absolute Gasteiger partial charge is 0.319 e. The summed E-state index contributed by atoms with van der Waals surface area (Å²) in [6, 6.07) is 11.9. The number of hydrogen-bond donors (Lipinski definition) is 1. The normalized spacial score (nSPS) is 12.7. The molecule has 0 fully saturated rings. The van der Waals surface area contributed by atoms with Gasteiger partial charge in [-0.2, -0.15) is 5.10 Å². The van der Waals surface area contributed by atoms with Crippen molar-refractivity contribution in [3.05, 3.63) is 53.9 Å². The van der Waals surface area contributed by atoms with E-state index in [1.54, 1.807) is 10.9 Å². The van der Waals surface area contributed by atoms with Crippen LogP contribution in [0.15, 0.2) is 42.6 Å². The number of benzene rings is 1. The van der Waals surface area contributed by atoms with Crippen molar-refractivity contribution in [1.82, 2.24) is 9.78 Å². The van der Waals surface area contributed by atoms with E-state index in [1.165, 1.54) is 0 Å². The number of nitrogens with two attached hydrogens (primary N) is 1. The maximum Gasteiger partial charge on any atom is 0.0723 e. The SMILES string of the molecule is Cn1nccc1[C@H](N)c1ccccc1. The average Bonchev–Trinajstić information content (AvgIpc) is 2.65. The third-order valence-corrected chi connectivity index (χ3v) is 2.34. The van der Waals surface area contributed by atoms with Crippen molar-refractivity contribution >= 4 is 0 Å². The minimum atomic E-state index is -0.0938. The highest BCUT2D eigenvalue weighted by Crippen LogP contribution is 2.17. The fourth-order valence-electron chi connectivity index (χ4n) is 1.52. The van der Waals surface area contributed by atoms with Crippen molar-refractivity contribution in [1.29, 1.82) is 0 Å². The fraction of sp³-hybridized carbons (Fsp3) is 0.182. The minimum Gasteiger partial charge on any atom is -0.319 e. The number of rotatable bonds is 2. The van der Waals surface area contributed by atoms with Gasteiger partial charge in [0.05, 0.1) is 11.7 Å². The maximum atomic E-state index is 6.10. The van der Waals surface area contributed by atoms with Crippen LogP contribution in [-0.4, -0.2) is 9.78 Å². The molecular formula is C11H13N3. The van der Waals surface area contributed by atoms with Crippen LogP contribution in [0, 0.1) is 0 Å². The molecule has 1 aromatic heterocycles. The molecule has 0 radical (unpaired) electrons. The van der Waals surface area contributed by atoms with Gasteiger partial charge in [0.25, 0.3) is 0 Å². The molecule has 14 heavy (non-hydrogen) atoms. The molecule has 2 aromatic rings. The van der Waals surface area contributed by atoms with Crippen LogP contribution in [0.5, 0.6) is 0 Å². The lowest BCUT2D eigenvalue weighted by atomic mass is 10.1. The van der Waals surface area contributed by atoms with Gasteiger partial charge < -0.3 is 5.73 Å². The summed E-state index contributed by atoms with van der Waals surface area (Å²) in [7, 11) is 1.90. The van der Waals surface area contributed by atoms with Gasteiger partial charge in [0, 0.05) is 13.2 Å². The molecule has 1 atom stereocenters. The monoisotopic (exact) mass is 187 g/mol. The topological polar surface area (TPSA) is 43.8 Å². The Labute approximate surface area is 83.2 Å². The molecule has 3 heteroatoms. The molecule has 0 amide bonds. The van der Waals surface area contributed by atoms with E-state index in [0.29, 0.717) is 0 Å². The minimum absolute atomic E-state index is 0.0938. The molecule has 0 spiro atoms. The highest BCUT2D eigenvalue weighted by molar-refractivity contribution is 5.26. The first-order valence-electron chi connectivity index (χ1n) is 4.57. The van der Waals surface area contributed by atoms with Crippen LogP contribution in [0.2, 0.25) is 0 Å². The van der Waals surface area contributed by atoms with Gasteiger partial charge >= 0.3 is 0 Å². The van der Waals surface area contributed by atoms with Gasteiger partial charge in [0.1, 0.15) is 0 Å². The summed E-state index contributed by atoms with van der Waals surface area (Å²) in [5.41, 5.74) is 8.23. The molecule has 3 nitrogen and oxygen atoms in total. The van der Waals surface area contributed by atoms with Crippen LogP contribution < -0.4 is 5.73 Å². The van der Waals surface area contributed by atoms with Crippen LogP contribution in [0.4, 0.5) is 0 Å². The molecule has 0 saturated heterocycles. The Hall–Kier alpha value is -1.61. The Morgan fingerprint density at radius 1 is 1.21 bits per heavy atom. The third kappa shape index (κ3) is 1.54. The third-order valence-electron chi connectivity index (χ3n) is 2.34. The molecular weight excluding hydrogens is 174 g/mol. The van der Waals surface area contributed by atoms with Gasteiger partial charge in [-0.3, -0.25) is 4.68 Å². The Morgan fingerprint density at radius 2 is 1.93 bits per heavy atom. The van der Waals surface area contributed by atoms with Crippen molar-refractivity contribution in [2.24, 2.45) is 12.8 Å². The lowest BCUT2D eigenvalue weighted by molar-refractivity contribution is 0.673. The molecule has 1 heterocycles. The first-order valence-corrected chi connectivity index (χ1v) is 4.57. The molecule has 72 valence electrons. The lowest BCUT2D eigenvalue weighted by Gasteiger charge is -2.11. The molecule has 0 saturated carbocycles. The van der Waals surface area contributed by atoms with Crippen LogP contribution >= 0.6 is 0 Å². The quantitative estimate of drug-likeness (QED) is 0.773. The summed E-state index contributed by atoms with van der Waals surface area (Å²) < 4.78 is 1.80. The van der Waals surface area contributed by atoms with Crippen molar-refractivity contribution in [2.45, 2.75) is 6.04 Å². The summed E-state index contributed by atoms with van der Waals surface area (Å²) in [6.07, 6.45) is 1.76. The Balaban J connectivity index is 2.34. The number of aromatic nitrogens is 2. The lowest BCUT2D eigenvalue weighted by Crippen LogP contribution is -2.15. The van der Waals surface area contributed by atoms with Gasteiger partial charge in [0.15, 0.2) is 0 Å². The predicted molar refractivity (Wildman–Crippen MR) is 55.7 cm³/mol. The van der Waals surface area contributed by atoms with Gasteiger partial charge in [-0.25, -0.2) is 0 Å². The van der Waals surface area contributed by atoms with Crippen molar-refractivity contribution < 1.29 is 0 Å². The number of hydrogen-bond acceptors (Lipinski definition) is 2. The van der Waals surface area contributed by atoms with E-state index in [4.69, 9.17) is 5.73 Å². The van der Waals surface area contributed by atoms with Gasteiger partial charge in [-0.15, -0.1) is 0 Å². The second-order valence-electron chi connectivity index (χ2n) is 3.27. The van der Waals surface area contributed by atoms with Gasteiger partial charge in [-0.05, 0) is 11.6 Å². The zero-order valence-corrected chi connectivity index (χ0v) is 8.09. The number of nitrogens with zero attached hydrogens (tertiary/aromatic N) is 2. The van der Waals surface area contributed by atoms with E-state index in [2.05, 4.69) is 5.10 Å². The van der Waals surface area contributed by atoms with Gasteiger partial charge in [-0.1, -0.05) is 30.3 Å². The fourth-order valence-corrected chi connectivity index (χ4v) is 1.52. The zero-order valence-electron chi connectivity index (χ0n) is 8.09. The van der Waals surface area contributed by atoms with Crippen LogP contribution in [-0.2, 0) is 7.05 Å². The standard InChI is InChI=1S/C11H13N3/c1-14-10(7-8-13-14)11(12)9-5-3-2-4-6-9/h2-8,11H,12H2,1H3/t11-/m1/s1.